The molecule has 32 heavy (non-hydrogen) atoms. The first-order chi connectivity index (χ1) is 15.7. The molecule has 4 aromatic rings. The van der Waals surface area contributed by atoms with Crippen molar-refractivity contribution in [2.45, 2.75) is 18.8 Å². The Morgan fingerprint density at radius 1 is 1.00 bits per heavy atom. The zero-order valence-corrected chi connectivity index (χ0v) is 18.6. The van der Waals surface area contributed by atoms with E-state index >= 15 is 0 Å². The van der Waals surface area contributed by atoms with Gasteiger partial charge in [0.2, 0.25) is 5.95 Å². The molecule has 0 radical (unpaired) electrons. The molecule has 1 atom stereocenters. The number of anilines is 1. The van der Waals surface area contributed by atoms with Crippen molar-refractivity contribution in [1.29, 1.82) is 0 Å². The quantitative estimate of drug-likeness (QED) is 0.390. The van der Waals surface area contributed by atoms with Crippen molar-refractivity contribution in [2.75, 3.05) is 19.0 Å². The van der Waals surface area contributed by atoms with Crippen LogP contribution in [0.3, 0.4) is 0 Å². The topological polar surface area (TPSA) is 47.0 Å². The molecule has 5 rings (SSSR count). The SMILES string of the molecule is COc1ccc(CCNc2ncc3c(n2)-c2ccccc2C(c2ccc(Cl)cc2)C3)cc1. The second kappa shape index (κ2) is 9.01. The van der Waals surface area contributed by atoms with E-state index in [-0.39, 0.29) is 5.92 Å². The first-order valence-electron chi connectivity index (χ1n) is 10.8. The third-order valence-electron chi connectivity index (χ3n) is 6.01. The predicted octanol–water partition coefficient (Wildman–Crippen LogP) is 6.15. The summed E-state index contributed by atoms with van der Waals surface area (Å²) in [7, 11) is 1.68. The van der Waals surface area contributed by atoms with Crippen LogP contribution in [-0.4, -0.2) is 23.6 Å². The van der Waals surface area contributed by atoms with Crippen molar-refractivity contribution in [2.24, 2.45) is 0 Å². The van der Waals surface area contributed by atoms with Crippen LogP contribution in [0.25, 0.3) is 11.3 Å². The van der Waals surface area contributed by atoms with Gasteiger partial charge in [-0.1, -0.05) is 60.1 Å². The molecule has 160 valence electrons. The van der Waals surface area contributed by atoms with E-state index in [1.165, 1.54) is 27.8 Å². The van der Waals surface area contributed by atoms with Gasteiger partial charge in [0.15, 0.2) is 0 Å². The molecule has 1 aliphatic carbocycles. The predicted molar refractivity (Wildman–Crippen MR) is 130 cm³/mol. The summed E-state index contributed by atoms with van der Waals surface area (Å²) >= 11 is 6.11. The van der Waals surface area contributed by atoms with E-state index < -0.39 is 0 Å². The number of fused-ring (bicyclic) bond motifs is 3. The average molecular weight is 442 g/mol. The van der Waals surface area contributed by atoms with E-state index in [1.807, 2.05) is 30.5 Å². The van der Waals surface area contributed by atoms with Gasteiger partial charge in [-0.2, -0.15) is 0 Å². The highest BCUT2D eigenvalue weighted by Gasteiger charge is 2.27. The van der Waals surface area contributed by atoms with Crippen molar-refractivity contribution >= 4 is 17.5 Å². The highest BCUT2D eigenvalue weighted by Crippen LogP contribution is 2.41. The number of aromatic nitrogens is 2. The van der Waals surface area contributed by atoms with Gasteiger partial charge in [0, 0.05) is 29.2 Å². The van der Waals surface area contributed by atoms with Gasteiger partial charge in [-0.15, -0.1) is 0 Å². The molecule has 0 saturated carbocycles. The molecule has 0 fully saturated rings. The first kappa shape index (κ1) is 20.5. The summed E-state index contributed by atoms with van der Waals surface area (Å²) in [6.45, 7) is 0.764. The van der Waals surface area contributed by atoms with Crippen LogP contribution in [0.2, 0.25) is 5.02 Å². The Bertz CT molecular complexity index is 1220. The highest BCUT2D eigenvalue weighted by molar-refractivity contribution is 6.30. The molecule has 1 aromatic heterocycles. The van der Waals surface area contributed by atoms with Crippen LogP contribution in [0.1, 0.15) is 28.2 Å². The van der Waals surface area contributed by atoms with Crippen LogP contribution in [0.15, 0.2) is 79.0 Å². The van der Waals surface area contributed by atoms with E-state index in [4.69, 9.17) is 21.3 Å². The monoisotopic (exact) mass is 441 g/mol. The smallest absolute Gasteiger partial charge is 0.223 e. The summed E-state index contributed by atoms with van der Waals surface area (Å²) in [4.78, 5) is 9.49. The van der Waals surface area contributed by atoms with Crippen LogP contribution in [0.5, 0.6) is 5.75 Å². The highest BCUT2D eigenvalue weighted by atomic mass is 35.5. The number of benzene rings is 3. The maximum atomic E-state index is 6.11. The van der Waals surface area contributed by atoms with E-state index in [9.17, 15) is 0 Å². The molecule has 3 aromatic carbocycles. The summed E-state index contributed by atoms with van der Waals surface area (Å²) in [5, 5.41) is 4.14. The Labute approximate surface area is 193 Å². The largest absolute Gasteiger partial charge is 0.497 e. The molecular weight excluding hydrogens is 418 g/mol. The molecule has 0 saturated heterocycles. The number of rotatable bonds is 6. The number of methoxy groups -OCH3 is 1. The lowest BCUT2D eigenvalue weighted by Gasteiger charge is -2.27. The van der Waals surface area contributed by atoms with Gasteiger partial charge in [-0.3, -0.25) is 0 Å². The fourth-order valence-electron chi connectivity index (χ4n) is 4.32. The normalized spacial score (nSPS) is 14.4. The van der Waals surface area contributed by atoms with Crippen molar-refractivity contribution in [3.63, 3.8) is 0 Å². The van der Waals surface area contributed by atoms with Gasteiger partial charge < -0.3 is 10.1 Å². The molecule has 0 bridgehead atoms. The third-order valence-corrected chi connectivity index (χ3v) is 6.26. The van der Waals surface area contributed by atoms with E-state index in [0.29, 0.717) is 5.95 Å². The van der Waals surface area contributed by atoms with Gasteiger partial charge in [0.05, 0.1) is 12.8 Å². The molecule has 1 heterocycles. The maximum absolute atomic E-state index is 6.11. The number of ether oxygens (including phenoxy) is 1. The summed E-state index contributed by atoms with van der Waals surface area (Å²) in [5.74, 6) is 1.81. The zero-order valence-electron chi connectivity index (χ0n) is 17.9. The van der Waals surface area contributed by atoms with Crippen molar-refractivity contribution < 1.29 is 4.74 Å². The van der Waals surface area contributed by atoms with E-state index in [1.54, 1.807) is 7.11 Å². The van der Waals surface area contributed by atoms with Gasteiger partial charge >= 0.3 is 0 Å². The number of nitrogens with one attached hydrogen (secondary N) is 1. The van der Waals surface area contributed by atoms with Crippen molar-refractivity contribution in [3.05, 3.63) is 106 Å². The van der Waals surface area contributed by atoms with Gasteiger partial charge in [-0.05, 0) is 59.4 Å². The van der Waals surface area contributed by atoms with Crippen LogP contribution in [-0.2, 0) is 12.8 Å². The van der Waals surface area contributed by atoms with Gasteiger partial charge in [0.1, 0.15) is 5.75 Å². The van der Waals surface area contributed by atoms with Gasteiger partial charge in [0.25, 0.3) is 0 Å². The zero-order chi connectivity index (χ0) is 21.9. The lowest BCUT2D eigenvalue weighted by Crippen LogP contribution is -2.16. The summed E-state index contributed by atoms with van der Waals surface area (Å²) in [6.07, 6.45) is 3.73. The molecule has 0 aliphatic heterocycles. The van der Waals surface area contributed by atoms with Crippen LogP contribution in [0.4, 0.5) is 5.95 Å². The number of halogens is 1. The Balaban J connectivity index is 1.36. The number of hydrogen-bond donors (Lipinski definition) is 1. The van der Waals surface area contributed by atoms with Crippen molar-refractivity contribution in [3.8, 4) is 17.0 Å². The Morgan fingerprint density at radius 3 is 2.56 bits per heavy atom. The molecule has 5 heteroatoms. The fraction of sp³-hybridized carbons (Fsp3) is 0.185. The maximum Gasteiger partial charge on any atom is 0.223 e. The molecule has 1 unspecified atom stereocenters. The summed E-state index contributed by atoms with van der Waals surface area (Å²) < 4.78 is 5.22. The molecule has 0 spiro atoms. The van der Waals surface area contributed by atoms with E-state index in [0.717, 1.165) is 35.9 Å². The van der Waals surface area contributed by atoms with Crippen LogP contribution >= 0.6 is 11.6 Å². The van der Waals surface area contributed by atoms with E-state index in [2.05, 4.69) is 58.8 Å². The second-order valence-corrected chi connectivity index (χ2v) is 8.42. The van der Waals surface area contributed by atoms with Gasteiger partial charge in [-0.25, -0.2) is 9.97 Å². The number of hydrogen-bond acceptors (Lipinski definition) is 4. The lowest BCUT2D eigenvalue weighted by atomic mass is 9.78. The Hall–Kier alpha value is -3.37. The Morgan fingerprint density at radius 2 is 1.78 bits per heavy atom. The van der Waals surface area contributed by atoms with Crippen molar-refractivity contribution in [1.82, 2.24) is 9.97 Å². The molecule has 0 amide bonds. The van der Waals surface area contributed by atoms with Crippen LogP contribution < -0.4 is 10.1 Å². The third kappa shape index (κ3) is 4.19. The molecule has 4 nitrogen and oxygen atoms in total. The molecular formula is C27H24ClN3O. The average Bonchev–Trinajstić information content (AvgIpc) is 2.84. The second-order valence-electron chi connectivity index (χ2n) is 7.99. The Kier molecular flexibility index (Phi) is 5.78. The minimum Gasteiger partial charge on any atom is -0.497 e. The minimum atomic E-state index is 0.272. The minimum absolute atomic E-state index is 0.272. The van der Waals surface area contributed by atoms with Crippen LogP contribution in [0, 0.1) is 0 Å². The fourth-order valence-corrected chi connectivity index (χ4v) is 4.45. The summed E-state index contributed by atoms with van der Waals surface area (Å²) in [5.41, 5.74) is 7.17. The number of nitrogens with zero attached hydrogens (tertiary/aromatic N) is 2. The first-order valence-corrected chi connectivity index (χ1v) is 11.2. The molecule has 1 N–H and O–H groups in total. The standard InChI is InChI=1S/C27H24ClN3O/c1-32-22-12-6-18(7-13-22)14-15-29-27-30-17-20-16-25(19-8-10-21(28)11-9-19)23-4-2-3-5-24(23)26(20)31-27/h2-13,17,25H,14-16H2,1H3,(H,29,30,31). The summed E-state index contributed by atoms with van der Waals surface area (Å²) in [6, 6.07) is 24.8. The molecule has 1 aliphatic rings. The lowest BCUT2D eigenvalue weighted by molar-refractivity contribution is 0.414.